The quantitative estimate of drug-likeness (QED) is 0.104. The molecule has 4 aromatic carbocycles. The number of carbonyl (C=O) groups excluding carboxylic acids is 2. The van der Waals surface area contributed by atoms with Crippen LogP contribution in [0.4, 0.5) is 11.4 Å². The second kappa shape index (κ2) is 16.9. The Balaban J connectivity index is 1.18. The molecule has 0 radical (unpaired) electrons. The molecule has 0 fully saturated rings. The highest BCUT2D eigenvalue weighted by Crippen LogP contribution is 2.41. The van der Waals surface area contributed by atoms with Crippen LogP contribution in [0.2, 0.25) is 0 Å². The molecule has 0 aliphatic carbocycles. The summed E-state index contributed by atoms with van der Waals surface area (Å²) in [7, 11) is 0. The molecule has 3 atom stereocenters. The van der Waals surface area contributed by atoms with Crippen LogP contribution in [0.15, 0.2) is 101 Å². The molecule has 57 heavy (non-hydrogen) atoms. The first-order chi connectivity index (χ1) is 27.1. The van der Waals surface area contributed by atoms with Crippen molar-refractivity contribution in [3.63, 3.8) is 0 Å². The van der Waals surface area contributed by atoms with Crippen molar-refractivity contribution in [1.29, 1.82) is 0 Å². The van der Waals surface area contributed by atoms with E-state index in [4.69, 9.17) is 9.47 Å². The number of nitrogens with zero attached hydrogens (tertiary/aromatic N) is 6. The molecule has 3 unspecified atom stereocenters. The second-order valence-corrected chi connectivity index (χ2v) is 17.2. The lowest BCUT2D eigenvalue weighted by Crippen LogP contribution is -2.37. The lowest BCUT2D eigenvalue weighted by atomic mass is 9.76. The van der Waals surface area contributed by atoms with Crippen LogP contribution in [0.3, 0.4) is 0 Å². The molecule has 2 heterocycles. The van der Waals surface area contributed by atoms with E-state index in [1.54, 1.807) is 42.8 Å². The zero-order valence-corrected chi connectivity index (χ0v) is 35.3. The molecule has 6 rings (SSSR count). The average molecular weight is 788 g/mol. The predicted octanol–water partition coefficient (Wildman–Crippen LogP) is 9.78. The number of rotatable bonds is 15. The summed E-state index contributed by atoms with van der Waals surface area (Å²) in [5, 5.41) is 21.8. The molecule has 1 aromatic heterocycles. The third-order valence-corrected chi connectivity index (χ3v) is 12.0. The summed E-state index contributed by atoms with van der Waals surface area (Å²) in [5.41, 5.74) is 6.26. The molecule has 298 valence electrons. The van der Waals surface area contributed by atoms with Crippen LogP contribution in [0.25, 0.3) is 5.69 Å². The van der Waals surface area contributed by atoms with Gasteiger partial charge in [0.15, 0.2) is 6.10 Å². The van der Waals surface area contributed by atoms with E-state index in [0.29, 0.717) is 33.7 Å². The van der Waals surface area contributed by atoms with Crippen molar-refractivity contribution in [2.45, 2.75) is 116 Å². The molecule has 12 heteroatoms. The fraction of sp³-hybridized carbons (Fsp3) is 0.378. The zero-order valence-electron chi connectivity index (χ0n) is 34.5. The van der Waals surface area contributed by atoms with Gasteiger partial charge in [0.1, 0.15) is 11.5 Å². The maximum absolute atomic E-state index is 14.1. The number of ether oxygens (including phenoxy) is 2. The minimum Gasteiger partial charge on any atom is -0.481 e. The number of para-hydroxylation sites is 3. The van der Waals surface area contributed by atoms with Crippen LogP contribution >= 0.6 is 11.8 Å². The molecule has 11 nitrogen and oxygen atoms in total. The minimum absolute atomic E-state index is 0.00535. The molecule has 0 saturated carbocycles. The summed E-state index contributed by atoms with van der Waals surface area (Å²) in [6.07, 6.45) is 0.0898. The Labute approximate surface area is 340 Å². The van der Waals surface area contributed by atoms with E-state index in [9.17, 15) is 9.59 Å². The van der Waals surface area contributed by atoms with Crippen LogP contribution in [0, 0.1) is 6.92 Å². The van der Waals surface area contributed by atoms with Crippen molar-refractivity contribution < 1.29 is 19.1 Å². The lowest BCUT2D eigenvalue weighted by Gasteiger charge is -2.31. The fourth-order valence-corrected chi connectivity index (χ4v) is 7.45. The van der Waals surface area contributed by atoms with E-state index in [1.165, 1.54) is 22.3 Å². The summed E-state index contributed by atoms with van der Waals surface area (Å²) in [6, 6.07) is 29.0. The van der Waals surface area contributed by atoms with Gasteiger partial charge in [-0.1, -0.05) is 113 Å². The smallest absolute Gasteiger partial charge is 0.294 e. The number of amides is 2. The minimum atomic E-state index is -0.981. The Morgan fingerprint density at radius 1 is 0.877 bits per heavy atom. The Bertz CT molecular complexity index is 2270. The second-order valence-electron chi connectivity index (χ2n) is 15.9. The fourth-order valence-electron chi connectivity index (χ4n) is 6.50. The van der Waals surface area contributed by atoms with E-state index < -0.39 is 12.2 Å². The van der Waals surface area contributed by atoms with Crippen molar-refractivity contribution in [2.75, 3.05) is 10.3 Å². The molecular weight excluding hydrogens is 735 g/mol. The number of aromatic nitrogens is 4. The molecule has 0 bridgehead atoms. The first-order valence-corrected chi connectivity index (χ1v) is 20.4. The molecule has 1 aliphatic heterocycles. The molecular formula is C45H53N7O4S. The zero-order chi connectivity index (χ0) is 41.1. The monoisotopic (exact) mass is 787 g/mol. The first kappa shape index (κ1) is 41.2. The van der Waals surface area contributed by atoms with Gasteiger partial charge in [-0.05, 0) is 104 Å². The van der Waals surface area contributed by atoms with Gasteiger partial charge in [-0.15, -0.1) is 5.10 Å². The number of nitrogens with one attached hydrogen (secondary N) is 1. The Hall–Kier alpha value is -5.49. The SMILES string of the molecule is CCC(C)(C)c1ccc(OC(C)C(=O)Nc2ccccc2N2N=C(C)C(Oc3ccc(C)cc3C(C)Sc3nnnn3-c3ccccc3)C2=O)c(C(C)(C)CC)c1. The van der Waals surface area contributed by atoms with Gasteiger partial charge >= 0.3 is 0 Å². The largest absolute Gasteiger partial charge is 0.481 e. The Kier molecular flexibility index (Phi) is 12.2. The van der Waals surface area contributed by atoms with Crippen LogP contribution in [0.1, 0.15) is 103 Å². The molecule has 1 aliphatic rings. The number of hydrazone groups is 1. The summed E-state index contributed by atoms with van der Waals surface area (Å²) < 4.78 is 14.6. The van der Waals surface area contributed by atoms with Crippen molar-refractivity contribution in [1.82, 2.24) is 20.2 Å². The summed E-state index contributed by atoms with van der Waals surface area (Å²) in [6.45, 7) is 20.8. The highest BCUT2D eigenvalue weighted by atomic mass is 32.2. The third kappa shape index (κ3) is 8.91. The Morgan fingerprint density at radius 2 is 1.56 bits per heavy atom. The third-order valence-electron chi connectivity index (χ3n) is 11.0. The molecule has 0 spiro atoms. The van der Waals surface area contributed by atoms with Gasteiger partial charge in [-0.2, -0.15) is 14.8 Å². The number of anilines is 2. The predicted molar refractivity (Wildman–Crippen MR) is 228 cm³/mol. The van der Waals surface area contributed by atoms with Gasteiger partial charge in [0, 0.05) is 16.4 Å². The van der Waals surface area contributed by atoms with E-state index in [1.807, 2.05) is 61.5 Å². The van der Waals surface area contributed by atoms with Crippen LogP contribution in [-0.4, -0.2) is 49.9 Å². The number of thioether (sulfide) groups is 1. The Morgan fingerprint density at radius 3 is 2.28 bits per heavy atom. The normalized spacial score (nSPS) is 15.6. The van der Waals surface area contributed by atoms with Gasteiger partial charge in [0.2, 0.25) is 11.3 Å². The number of carbonyl (C=O) groups is 2. The van der Waals surface area contributed by atoms with Crippen molar-refractivity contribution >= 4 is 40.7 Å². The van der Waals surface area contributed by atoms with Crippen LogP contribution in [0.5, 0.6) is 11.5 Å². The van der Waals surface area contributed by atoms with E-state index >= 15 is 0 Å². The van der Waals surface area contributed by atoms with Crippen LogP contribution in [-0.2, 0) is 20.4 Å². The van der Waals surface area contributed by atoms with Gasteiger partial charge in [0.25, 0.3) is 11.8 Å². The topological polar surface area (TPSA) is 124 Å². The van der Waals surface area contributed by atoms with E-state index in [-0.39, 0.29) is 27.9 Å². The van der Waals surface area contributed by atoms with Gasteiger partial charge < -0.3 is 14.8 Å². The summed E-state index contributed by atoms with van der Waals surface area (Å²) in [5.74, 6) is 0.509. The molecule has 5 aromatic rings. The summed E-state index contributed by atoms with van der Waals surface area (Å²) in [4.78, 5) is 27.9. The number of hydrogen-bond acceptors (Lipinski definition) is 9. The van der Waals surface area contributed by atoms with E-state index in [0.717, 1.165) is 35.2 Å². The molecule has 2 amide bonds. The van der Waals surface area contributed by atoms with Crippen molar-refractivity contribution in [3.05, 3.63) is 113 Å². The van der Waals surface area contributed by atoms with Crippen molar-refractivity contribution in [3.8, 4) is 17.2 Å². The average Bonchev–Trinajstić information content (AvgIpc) is 3.78. The van der Waals surface area contributed by atoms with Gasteiger partial charge in [-0.3, -0.25) is 9.59 Å². The number of hydrogen-bond donors (Lipinski definition) is 1. The first-order valence-electron chi connectivity index (χ1n) is 19.5. The summed E-state index contributed by atoms with van der Waals surface area (Å²) >= 11 is 1.49. The molecule has 0 saturated heterocycles. The number of benzene rings is 4. The maximum Gasteiger partial charge on any atom is 0.294 e. The number of tetrazole rings is 1. The van der Waals surface area contributed by atoms with Crippen LogP contribution < -0.4 is 19.8 Å². The number of aryl methyl sites for hydroxylation is 1. The maximum atomic E-state index is 14.1. The highest BCUT2D eigenvalue weighted by Gasteiger charge is 2.38. The van der Waals surface area contributed by atoms with Crippen molar-refractivity contribution in [2.24, 2.45) is 5.10 Å². The van der Waals surface area contributed by atoms with Gasteiger partial charge in [0.05, 0.1) is 22.8 Å². The molecule has 1 N–H and O–H groups in total. The lowest BCUT2D eigenvalue weighted by molar-refractivity contribution is -0.122. The standard InChI is InChI=1S/C45H53N7O4S/c1-11-44(7,8)32-23-25-39(35(27-32)45(9,10)12-2)55-30(5)41(53)46-36-20-16-17-21-37(36)52-42(54)40(29(4)48-52)56-38-24-22-28(3)26-34(38)31(6)57-43-47-49-50-51(43)33-18-14-13-15-19-33/h13-27,30-31,40H,11-12H2,1-10H3,(H,46,53). The van der Waals surface area contributed by atoms with Gasteiger partial charge in [-0.25, -0.2) is 0 Å². The van der Waals surface area contributed by atoms with E-state index in [2.05, 4.69) is 86.5 Å². The highest BCUT2D eigenvalue weighted by molar-refractivity contribution is 7.99.